The quantitative estimate of drug-likeness (QED) is 0.227. The molecule has 1 aliphatic carbocycles. The van der Waals surface area contributed by atoms with Gasteiger partial charge >= 0.3 is 0 Å². The van der Waals surface area contributed by atoms with Crippen LogP contribution in [-0.4, -0.2) is 96.6 Å². The molecule has 2 aliphatic heterocycles. The van der Waals surface area contributed by atoms with Crippen LogP contribution >= 0.6 is 0 Å². The first-order valence-corrected chi connectivity index (χ1v) is 15.5. The zero-order valence-electron chi connectivity index (χ0n) is 27.3. The maximum absolute atomic E-state index is 13.8. The van der Waals surface area contributed by atoms with Crippen LogP contribution < -0.4 is 5.32 Å². The second kappa shape index (κ2) is 15.4. The van der Waals surface area contributed by atoms with Crippen LogP contribution in [0.15, 0.2) is 53.3 Å². The Kier molecular flexibility index (Phi) is 12.4. The van der Waals surface area contributed by atoms with Crippen molar-refractivity contribution in [1.82, 2.24) is 5.32 Å². The van der Waals surface area contributed by atoms with E-state index in [2.05, 4.69) is 5.32 Å². The highest BCUT2D eigenvalue weighted by molar-refractivity contribution is 6.30. The van der Waals surface area contributed by atoms with Crippen molar-refractivity contribution < 1.29 is 54.9 Å². The summed E-state index contributed by atoms with van der Waals surface area (Å²) in [5, 5.41) is 78.1. The summed E-state index contributed by atoms with van der Waals surface area (Å²) in [5.41, 5.74) is -1.84. The molecule has 1 aromatic carbocycles. The monoisotopic (exact) mass is 655 g/mol. The van der Waals surface area contributed by atoms with Crippen LogP contribution in [0.3, 0.4) is 0 Å². The number of aliphatic hydroxyl groups is 6. The summed E-state index contributed by atoms with van der Waals surface area (Å²) in [6.07, 6.45) is 1.33. The Bertz CT molecular complexity index is 1540. The summed E-state index contributed by atoms with van der Waals surface area (Å²) >= 11 is 0. The Labute approximate surface area is 273 Å². The minimum absolute atomic E-state index is 0.0541. The number of phenolic OH excluding ortho intramolecular Hbond substituents is 1. The standard InChI is InChI=1S/C35H45NO11/c1-15-8-7-9-16(2)35(47)36-24-12-25(39)26-23(34(24)46)10-17(3)29(41)27(26)33(45)22(14-38)11-21(13-37)32(44)20(6)31(43)19(5)30(42)18(4)28(15)40/h7-12,15,18-21,28,30-32,37-38,40-44H,13-14H2,1-6H3,(H,36,47)/b8-7-,16-9-,22-11-. The van der Waals surface area contributed by atoms with Crippen LogP contribution in [0.25, 0.3) is 0 Å². The minimum atomic E-state index is -1.50. The van der Waals surface area contributed by atoms with Gasteiger partial charge in [0.05, 0.1) is 48.9 Å². The second-order valence-electron chi connectivity index (χ2n) is 12.7. The van der Waals surface area contributed by atoms with Gasteiger partial charge in [-0.25, -0.2) is 0 Å². The number of amides is 1. The zero-order valence-corrected chi connectivity index (χ0v) is 27.3. The molecule has 256 valence electrons. The number of ketones is 3. The number of phenols is 1. The topological polar surface area (TPSA) is 222 Å². The van der Waals surface area contributed by atoms with Gasteiger partial charge in [0.2, 0.25) is 5.78 Å². The number of aromatic hydroxyl groups is 1. The van der Waals surface area contributed by atoms with Crippen LogP contribution in [0.1, 0.15) is 71.3 Å². The normalized spacial score (nSPS) is 34.6. The molecule has 2 heterocycles. The summed E-state index contributed by atoms with van der Waals surface area (Å²) in [7, 11) is 0. The molecular weight excluding hydrogens is 610 g/mol. The third-order valence-corrected chi connectivity index (χ3v) is 9.39. The van der Waals surface area contributed by atoms with Crippen molar-refractivity contribution >= 4 is 23.3 Å². The van der Waals surface area contributed by atoms with Gasteiger partial charge in [-0.1, -0.05) is 52.0 Å². The van der Waals surface area contributed by atoms with Crippen molar-refractivity contribution in [1.29, 1.82) is 0 Å². The first-order chi connectivity index (χ1) is 22.0. The Morgan fingerprint density at radius 2 is 1.36 bits per heavy atom. The minimum Gasteiger partial charge on any atom is -0.507 e. The average molecular weight is 656 g/mol. The molecule has 4 rings (SSSR count). The van der Waals surface area contributed by atoms with E-state index in [4.69, 9.17) is 0 Å². The fourth-order valence-corrected chi connectivity index (χ4v) is 6.07. The van der Waals surface area contributed by atoms with Gasteiger partial charge in [-0.2, -0.15) is 0 Å². The number of nitrogens with one attached hydrogen (secondary N) is 1. The maximum atomic E-state index is 13.8. The summed E-state index contributed by atoms with van der Waals surface area (Å²) in [4.78, 5) is 53.6. The van der Waals surface area contributed by atoms with E-state index in [1.54, 1.807) is 26.8 Å². The number of allylic oxidation sites excluding steroid dienone is 4. The van der Waals surface area contributed by atoms with E-state index in [1.807, 2.05) is 0 Å². The predicted octanol–water partition coefficient (Wildman–Crippen LogP) is 1.29. The van der Waals surface area contributed by atoms with E-state index < -0.39 is 113 Å². The lowest BCUT2D eigenvalue weighted by atomic mass is 9.76. The van der Waals surface area contributed by atoms with E-state index >= 15 is 0 Å². The van der Waals surface area contributed by atoms with Crippen molar-refractivity contribution in [2.45, 2.75) is 66.0 Å². The first-order valence-electron chi connectivity index (χ1n) is 15.5. The summed E-state index contributed by atoms with van der Waals surface area (Å²) < 4.78 is 0. The van der Waals surface area contributed by atoms with Gasteiger partial charge in [0.25, 0.3) is 5.91 Å². The highest BCUT2D eigenvalue weighted by Gasteiger charge is 2.39. The predicted molar refractivity (Wildman–Crippen MR) is 171 cm³/mol. The molecule has 9 atom stereocenters. The van der Waals surface area contributed by atoms with Crippen molar-refractivity contribution in [3.8, 4) is 5.75 Å². The number of hydrogen-bond donors (Lipinski definition) is 8. The maximum Gasteiger partial charge on any atom is 0.251 e. The molecule has 12 nitrogen and oxygen atoms in total. The van der Waals surface area contributed by atoms with Crippen LogP contribution in [0, 0.1) is 36.5 Å². The van der Waals surface area contributed by atoms with E-state index in [-0.39, 0.29) is 22.4 Å². The van der Waals surface area contributed by atoms with Crippen molar-refractivity contribution in [2.24, 2.45) is 29.6 Å². The number of carbonyl (C=O) groups is 4. The molecule has 9 unspecified atom stereocenters. The van der Waals surface area contributed by atoms with E-state index in [0.717, 1.165) is 12.2 Å². The average Bonchev–Trinajstić information content (AvgIpc) is 3.05. The molecule has 0 saturated carbocycles. The molecule has 0 aromatic heterocycles. The molecule has 1 amide bonds. The van der Waals surface area contributed by atoms with Crippen LogP contribution in [0.4, 0.5) is 0 Å². The molecule has 0 fully saturated rings. The van der Waals surface area contributed by atoms with Crippen LogP contribution in [0.5, 0.6) is 5.75 Å². The lowest BCUT2D eigenvalue weighted by Gasteiger charge is -2.37. The van der Waals surface area contributed by atoms with Gasteiger partial charge in [0.1, 0.15) is 5.75 Å². The number of fused-ring (bicyclic) bond motifs is 15. The number of Topliss-reactive ketones (excluding diaryl/α,β-unsaturated/α-hetero) is 2. The SMILES string of the molecule is C/C1=C/C=C\C(C)C(O)C(C)C(O)C(C)C(O)C(C)C(O)C(CO)/C=C(/CO)C(=O)c2c(O)c(C)cc3c2C(=O)C=C(NC1=O)C3=O. The molecule has 0 saturated heterocycles. The molecule has 4 bridgehead atoms. The lowest BCUT2D eigenvalue weighted by molar-refractivity contribution is -0.116. The van der Waals surface area contributed by atoms with Gasteiger partial charge in [-0.3, -0.25) is 19.2 Å². The largest absolute Gasteiger partial charge is 0.507 e. The number of carbonyl (C=O) groups excluding carboxylic acids is 4. The van der Waals surface area contributed by atoms with E-state index in [0.29, 0.717) is 0 Å². The molecule has 3 aliphatic rings. The Hall–Kier alpha value is -3.78. The third-order valence-electron chi connectivity index (χ3n) is 9.39. The zero-order chi connectivity index (χ0) is 35.5. The summed E-state index contributed by atoms with van der Waals surface area (Å²) in [5.74, 6) is -8.39. The van der Waals surface area contributed by atoms with Gasteiger partial charge in [0, 0.05) is 57.9 Å². The highest BCUT2D eigenvalue weighted by Crippen LogP contribution is 2.36. The molecule has 0 spiro atoms. The number of benzene rings is 1. The molecule has 47 heavy (non-hydrogen) atoms. The third kappa shape index (κ3) is 7.69. The Morgan fingerprint density at radius 3 is 1.94 bits per heavy atom. The van der Waals surface area contributed by atoms with Crippen LogP contribution in [0.2, 0.25) is 0 Å². The summed E-state index contributed by atoms with van der Waals surface area (Å²) in [6, 6.07) is 1.21. The van der Waals surface area contributed by atoms with Crippen molar-refractivity contribution in [3.05, 3.63) is 75.5 Å². The van der Waals surface area contributed by atoms with E-state index in [1.165, 1.54) is 39.0 Å². The molecular formula is C35H45NO11. The van der Waals surface area contributed by atoms with Gasteiger partial charge in [0.15, 0.2) is 11.6 Å². The lowest BCUT2D eigenvalue weighted by Crippen LogP contribution is -2.46. The second-order valence-corrected chi connectivity index (χ2v) is 12.7. The van der Waals surface area contributed by atoms with Crippen molar-refractivity contribution in [3.63, 3.8) is 0 Å². The Balaban J connectivity index is 2.22. The number of aliphatic hydroxyl groups excluding tert-OH is 6. The highest BCUT2D eigenvalue weighted by atomic mass is 16.3. The van der Waals surface area contributed by atoms with Crippen LogP contribution in [-0.2, 0) is 4.79 Å². The molecule has 8 N–H and O–H groups in total. The van der Waals surface area contributed by atoms with Crippen molar-refractivity contribution in [2.75, 3.05) is 13.2 Å². The van der Waals surface area contributed by atoms with E-state index in [9.17, 15) is 54.9 Å². The van der Waals surface area contributed by atoms with Gasteiger partial charge in [-0.15, -0.1) is 0 Å². The fraction of sp³-hybridized carbons (Fsp3) is 0.486. The first kappa shape index (κ1) is 37.7. The summed E-state index contributed by atoms with van der Waals surface area (Å²) in [6.45, 7) is 7.51. The molecule has 0 radical (unpaired) electrons. The smallest absolute Gasteiger partial charge is 0.251 e. The number of hydrogen-bond acceptors (Lipinski definition) is 11. The van der Waals surface area contributed by atoms with Gasteiger partial charge < -0.3 is 41.1 Å². The molecule has 12 heteroatoms. The molecule has 1 aromatic rings. The fourth-order valence-electron chi connectivity index (χ4n) is 6.07. The number of aryl methyl sites for hydroxylation is 1. The number of rotatable bonds is 2. The van der Waals surface area contributed by atoms with Gasteiger partial charge in [-0.05, 0) is 25.5 Å². The Morgan fingerprint density at radius 1 is 0.787 bits per heavy atom.